The van der Waals surface area contributed by atoms with E-state index in [-0.39, 0.29) is 6.61 Å². The van der Waals surface area contributed by atoms with Gasteiger partial charge in [0.15, 0.2) is 6.61 Å². The molecule has 0 saturated carbocycles. The van der Waals surface area contributed by atoms with Gasteiger partial charge in [-0.1, -0.05) is 11.6 Å². The molecule has 0 saturated heterocycles. The summed E-state index contributed by atoms with van der Waals surface area (Å²) in [4.78, 5) is 23.2. The second-order valence-corrected chi connectivity index (χ2v) is 4.69. The highest BCUT2D eigenvalue weighted by atomic mass is 35.5. The minimum atomic E-state index is -0.549. The van der Waals surface area contributed by atoms with E-state index in [9.17, 15) is 14.0 Å². The SMILES string of the molecule is O=C(COc1ccc(F)cc1)NNC(=O)c1ccc(Cl)cc1. The lowest BCUT2D eigenvalue weighted by molar-refractivity contribution is -0.123. The van der Waals surface area contributed by atoms with Gasteiger partial charge >= 0.3 is 0 Å². The van der Waals surface area contributed by atoms with Crippen LogP contribution < -0.4 is 15.6 Å². The van der Waals surface area contributed by atoms with Crippen LogP contribution in [0.5, 0.6) is 5.75 Å². The summed E-state index contributed by atoms with van der Waals surface area (Å²) >= 11 is 5.71. The monoisotopic (exact) mass is 322 g/mol. The average molecular weight is 323 g/mol. The standard InChI is InChI=1S/C15H12ClFN2O3/c16-11-3-1-10(2-4-11)15(21)19-18-14(20)9-22-13-7-5-12(17)6-8-13/h1-8H,9H2,(H,18,20)(H,19,21). The van der Waals surface area contributed by atoms with Gasteiger partial charge in [0, 0.05) is 10.6 Å². The second-order valence-electron chi connectivity index (χ2n) is 4.25. The Labute approximate surface area is 131 Å². The molecular weight excluding hydrogens is 311 g/mol. The van der Waals surface area contributed by atoms with Crippen LogP contribution >= 0.6 is 11.6 Å². The first-order valence-electron chi connectivity index (χ1n) is 6.28. The van der Waals surface area contributed by atoms with Crippen LogP contribution in [0.1, 0.15) is 10.4 Å². The van der Waals surface area contributed by atoms with Crippen LogP contribution in [0.2, 0.25) is 5.02 Å². The molecule has 0 radical (unpaired) electrons. The van der Waals surface area contributed by atoms with Crippen LogP contribution in [-0.2, 0) is 4.79 Å². The number of carbonyl (C=O) groups is 2. The first kappa shape index (κ1) is 15.8. The molecule has 2 N–H and O–H groups in total. The van der Waals surface area contributed by atoms with Gasteiger partial charge in [0.1, 0.15) is 11.6 Å². The van der Waals surface area contributed by atoms with E-state index in [1.54, 1.807) is 12.1 Å². The van der Waals surface area contributed by atoms with E-state index >= 15 is 0 Å². The molecule has 0 unspecified atom stereocenters. The number of amides is 2. The lowest BCUT2D eigenvalue weighted by Gasteiger charge is -2.09. The molecule has 0 aromatic heterocycles. The summed E-state index contributed by atoms with van der Waals surface area (Å²) in [5, 5.41) is 0.508. The van der Waals surface area contributed by atoms with Crippen molar-refractivity contribution in [2.75, 3.05) is 6.61 Å². The molecule has 0 aliphatic heterocycles. The molecule has 7 heteroatoms. The Kier molecular flexibility index (Phi) is 5.32. The Morgan fingerprint density at radius 1 is 1.00 bits per heavy atom. The second kappa shape index (κ2) is 7.42. The van der Waals surface area contributed by atoms with Crippen LogP contribution in [0.4, 0.5) is 4.39 Å². The van der Waals surface area contributed by atoms with E-state index in [0.717, 1.165) is 0 Å². The summed E-state index contributed by atoms with van der Waals surface area (Å²) in [5.74, 6) is -1.08. The summed E-state index contributed by atoms with van der Waals surface area (Å²) in [5.41, 5.74) is 4.80. The third-order valence-electron chi connectivity index (χ3n) is 2.61. The summed E-state index contributed by atoms with van der Waals surface area (Å²) in [6, 6.07) is 11.4. The average Bonchev–Trinajstić information content (AvgIpc) is 2.52. The highest BCUT2D eigenvalue weighted by molar-refractivity contribution is 6.30. The molecule has 0 aliphatic rings. The van der Waals surface area contributed by atoms with Crippen molar-refractivity contribution in [2.24, 2.45) is 0 Å². The molecule has 22 heavy (non-hydrogen) atoms. The van der Waals surface area contributed by atoms with Gasteiger partial charge in [0.2, 0.25) is 0 Å². The van der Waals surface area contributed by atoms with Crippen molar-refractivity contribution in [3.05, 3.63) is 64.9 Å². The Morgan fingerprint density at radius 2 is 1.64 bits per heavy atom. The number of hydrazine groups is 1. The fraction of sp³-hybridized carbons (Fsp3) is 0.0667. The van der Waals surface area contributed by atoms with Crippen molar-refractivity contribution >= 4 is 23.4 Å². The minimum absolute atomic E-state index is 0.313. The van der Waals surface area contributed by atoms with Crippen molar-refractivity contribution < 1.29 is 18.7 Å². The highest BCUT2D eigenvalue weighted by Gasteiger charge is 2.07. The van der Waals surface area contributed by atoms with Crippen molar-refractivity contribution in [2.45, 2.75) is 0 Å². The van der Waals surface area contributed by atoms with Crippen molar-refractivity contribution in [1.82, 2.24) is 10.9 Å². The highest BCUT2D eigenvalue weighted by Crippen LogP contribution is 2.10. The lowest BCUT2D eigenvalue weighted by Crippen LogP contribution is -2.43. The summed E-state index contributed by atoms with van der Waals surface area (Å²) in [7, 11) is 0. The molecule has 114 valence electrons. The van der Waals surface area contributed by atoms with E-state index in [2.05, 4.69) is 10.9 Å². The van der Waals surface area contributed by atoms with Crippen LogP contribution in [0.15, 0.2) is 48.5 Å². The molecule has 0 heterocycles. The maximum Gasteiger partial charge on any atom is 0.276 e. The van der Waals surface area contributed by atoms with Gasteiger partial charge in [-0.05, 0) is 48.5 Å². The van der Waals surface area contributed by atoms with Crippen LogP contribution in [0.3, 0.4) is 0 Å². The van der Waals surface area contributed by atoms with E-state index in [0.29, 0.717) is 16.3 Å². The number of halogens is 2. The third kappa shape index (κ3) is 4.75. The smallest absolute Gasteiger partial charge is 0.276 e. The molecule has 2 amide bonds. The van der Waals surface area contributed by atoms with Crippen LogP contribution in [-0.4, -0.2) is 18.4 Å². The molecule has 2 aromatic rings. The number of rotatable bonds is 4. The maximum atomic E-state index is 12.7. The third-order valence-corrected chi connectivity index (χ3v) is 2.86. The van der Waals surface area contributed by atoms with Gasteiger partial charge in [0.25, 0.3) is 11.8 Å². The molecule has 0 spiro atoms. The summed E-state index contributed by atoms with van der Waals surface area (Å²) in [6.45, 7) is -0.313. The quantitative estimate of drug-likeness (QED) is 0.849. The fourth-order valence-corrected chi connectivity index (χ4v) is 1.64. The molecule has 0 bridgehead atoms. The van der Waals surface area contributed by atoms with Crippen LogP contribution in [0.25, 0.3) is 0 Å². The van der Waals surface area contributed by atoms with Crippen molar-refractivity contribution in [3.63, 3.8) is 0 Å². The molecule has 0 fully saturated rings. The predicted molar refractivity (Wildman–Crippen MR) is 79.0 cm³/mol. The largest absolute Gasteiger partial charge is 0.484 e. The molecule has 0 aliphatic carbocycles. The number of ether oxygens (including phenoxy) is 1. The number of hydrogen-bond donors (Lipinski definition) is 2. The first-order valence-corrected chi connectivity index (χ1v) is 6.65. The maximum absolute atomic E-state index is 12.7. The molecule has 2 rings (SSSR count). The zero-order chi connectivity index (χ0) is 15.9. The summed E-state index contributed by atoms with van der Waals surface area (Å²) < 4.78 is 17.8. The number of carbonyl (C=O) groups excluding carboxylic acids is 2. The number of benzene rings is 2. The van der Waals surface area contributed by atoms with E-state index < -0.39 is 17.6 Å². The van der Waals surface area contributed by atoms with E-state index in [4.69, 9.17) is 16.3 Å². The minimum Gasteiger partial charge on any atom is -0.484 e. The topological polar surface area (TPSA) is 67.4 Å². The summed E-state index contributed by atoms with van der Waals surface area (Å²) in [6.07, 6.45) is 0. The van der Waals surface area contributed by atoms with Crippen molar-refractivity contribution in [3.8, 4) is 5.75 Å². The first-order chi connectivity index (χ1) is 10.5. The zero-order valence-corrected chi connectivity index (χ0v) is 12.1. The van der Waals surface area contributed by atoms with Gasteiger partial charge < -0.3 is 4.74 Å². The lowest BCUT2D eigenvalue weighted by atomic mass is 10.2. The number of hydrogen-bond acceptors (Lipinski definition) is 3. The van der Waals surface area contributed by atoms with E-state index in [1.807, 2.05) is 0 Å². The Morgan fingerprint density at radius 3 is 2.27 bits per heavy atom. The van der Waals surface area contributed by atoms with Crippen LogP contribution in [0, 0.1) is 5.82 Å². The molecule has 5 nitrogen and oxygen atoms in total. The number of nitrogens with one attached hydrogen (secondary N) is 2. The predicted octanol–water partition coefficient (Wildman–Crippen LogP) is 2.32. The normalized spacial score (nSPS) is 9.91. The molecule has 2 aromatic carbocycles. The Bertz CT molecular complexity index is 659. The van der Waals surface area contributed by atoms with Gasteiger partial charge in [-0.25, -0.2) is 4.39 Å². The molecule has 0 atom stereocenters. The Balaban J connectivity index is 1.76. The van der Waals surface area contributed by atoms with Gasteiger partial charge in [-0.3, -0.25) is 20.4 Å². The fourth-order valence-electron chi connectivity index (χ4n) is 1.52. The molecular formula is C15H12ClFN2O3. The van der Waals surface area contributed by atoms with Gasteiger partial charge in [-0.2, -0.15) is 0 Å². The van der Waals surface area contributed by atoms with Gasteiger partial charge in [-0.15, -0.1) is 0 Å². The van der Waals surface area contributed by atoms with Crippen molar-refractivity contribution in [1.29, 1.82) is 0 Å². The van der Waals surface area contributed by atoms with E-state index in [1.165, 1.54) is 36.4 Å². The zero-order valence-electron chi connectivity index (χ0n) is 11.3. The van der Waals surface area contributed by atoms with Gasteiger partial charge in [0.05, 0.1) is 0 Å². The Hall–Kier alpha value is -2.60.